The van der Waals surface area contributed by atoms with Gasteiger partial charge in [-0.05, 0) is 60.1 Å². The van der Waals surface area contributed by atoms with E-state index in [9.17, 15) is 32.3 Å². The fraction of sp³-hybridized carbons (Fsp3) is 0.379. The second-order valence-electron chi connectivity index (χ2n) is 11.1. The summed E-state index contributed by atoms with van der Waals surface area (Å²) in [5.74, 6) is -2.39. The van der Waals surface area contributed by atoms with Crippen LogP contribution in [0.2, 0.25) is 0 Å². The first-order chi connectivity index (χ1) is 20.0. The number of carbonyl (C=O) groups is 3. The summed E-state index contributed by atoms with van der Waals surface area (Å²) in [6.45, 7) is -0.564. The topological polar surface area (TPSA) is 109 Å². The van der Waals surface area contributed by atoms with Gasteiger partial charge in [-0.25, -0.2) is 0 Å². The molecule has 6 unspecified atom stereocenters. The highest BCUT2D eigenvalue weighted by Crippen LogP contribution is 2.68. The molecule has 0 spiro atoms. The number of aromatic nitrogens is 1. The van der Waals surface area contributed by atoms with E-state index in [1.807, 2.05) is 24.3 Å². The minimum Gasteiger partial charge on any atom is -0.497 e. The Labute approximate surface area is 245 Å². The number of H-pyrrole nitrogens is 1. The van der Waals surface area contributed by atoms with E-state index in [-0.39, 0.29) is 39.5 Å². The molecule has 2 N–H and O–H groups in total. The normalized spacial score (nSPS) is 29.3. The Morgan fingerprint density at radius 2 is 1.79 bits per heavy atom. The number of methoxy groups -OCH3 is 1. The molecular weight excluding hydrogens is 591 g/mol. The van der Waals surface area contributed by atoms with Crippen LogP contribution in [-0.2, 0) is 20.6 Å². The maximum atomic E-state index is 13.7. The molecule has 13 heteroatoms. The summed E-state index contributed by atoms with van der Waals surface area (Å²) in [6, 6.07) is 11.9. The molecule has 3 heterocycles. The van der Waals surface area contributed by atoms with Gasteiger partial charge >= 0.3 is 11.0 Å². The lowest BCUT2D eigenvalue weighted by molar-refractivity contribution is -0.143. The fourth-order valence-electron chi connectivity index (χ4n) is 7.54. The molecular formula is C29H24F3N3O5S2. The minimum atomic E-state index is -4.58. The zero-order valence-electron chi connectivity index (χ0n) is 22.0. The number of halogens is 3. The van der Waals surface area contributed by atoms with E-state index in [2.05, 4.69) is 10.3 Å². The quantitative estimate of drug-likeness (QED) is 0.407. The SMILES string of the molecule is COc1ccc([C@H]2c3sc(=O)[nH]c3SC3C4CC(C5C(=O)N(CC(=O)Nc6cccc(C(F)(F)F)c6)C(=O)C45)C32)cc1. The monoisotopic (exact) mass is 615 g/mol. The molecule has 2 aromatic carbocycles. The number of nitrogens with zero attached hydrogens (tertiary/aromatic N) is 1. The number of rotatable bonds is 5. The van der Waals surface area contributed by atoms with Crippen molar-refractivity contribution in [1.29, 1.82) is 0 Å². The van der Waals surface area contributed by atoms with Crippen LogP contribution in [-0.4, -0.2) is 46.5 Å². The van der Waals surface area contributed by atoms with Crippen molar-refractivity contribution < 1.29 is 32.3 Å². The van der Waals surface area contributed by atoms with Gasteiger partial charge in [-0.1, -0.05) is 29.5 Å². The van der Waals surface area contributed by atoms with Crippen LogP contribution in [0.15, 0.2) is 58.4 Å². The van der Waals surface area contributed by atoms with E-state index in [1.165, 1.54) is 23.5 Å². The smallest absolute Gasteiger partial charge is 0.416 e. The molecule has 2 bridgehead atoms. The number of nitrogens with one attached hydrogen (secondary N) is 2. The molecule has 3 aromatic rings. The van der Waals surface area contributed by atoms with E-state index in [1.54, 1.807) is 18.9 Å². The van der Waals surface area contributed by atoms with E-state index in [0.717, 1.165) is 32.5 Å². The number of aromatic amines is 1. The number of anilines is 1. The van der Waals surface area contributed by atoms with Crippen molar-refractivity contribution >= 4 is 46.5 Å². The Kier molecular flexibility index (Phi) is 6.32. The lowest BCUT2D eigenvalue weighted by Crippen LogP contribution is -2.42. The highest BCUT2D eigenvalue weighted by atomic mass is 32.2. The molecule has 0 radical (unpaired) electrons. The second-order valence-corrected chi connectivity index (χ2v) is 13.3. The first kappa shape index (κ1) is 27.3. The van der Waals surface area contributed by atoms with Gasteiger partial charge in [0.25, 0.3) is 0 Å². The number of hydrogen-bond acceptors (Lipinski definition) is 7. The van der Waals surface area contributed by atoms with Crippen LogP contribution < -0.4 is 14.9 Å². The number of amides is 3. The molecule has 218 valence electrons. The third kappa shape index (κ3) is 4.19. The zero-order valence-corrected chi connectivity index (χ0v) is 23.6. The number of fused-ring (bicyclic) bond motifs is 9. The van der Waals surface area contributed by atoms with Crippen molar-refractivity contribution in [2.75, 3.05) is 19.0 Å². The van der Waals surface area contributed by atoms with Crippen LogP contribution in [0, 0.1) is 29.6 Å². The van der Waals surface area contributed by atoms with Crippen LogP contribution in [0.25, 0.3) is 0 Å². The van der Waals surface area contributed by atoms with Crippen LogP contribution in [0.3, 0.4) is 0 Å². The Balaban J connectivity index is 1.15. The Bertz CT molecular complexity index is 1670. The van der Waals surface area contributed by atoms with Crippen molar-refractivity contribution in [3.8, 4) is 5.75 Å². The summed E-state index contributed by atoms with van der Waals surface area (Å²) in [7, 11) is 1.59. The van der Waals surface area contributed by atoms with E-state index < -0.39 is 47.8 Å². The van der Waals surface area contributed by atoms with Gasteiger partial charge in [0.05, 0.1) is 29.5 Å². The zero-order chi connectivity index (χ0) is 29.5. The lowest BCUT2D eigenvalue weighted by atomic mass is 9.68. The molecule has 1 saturated heterocycles. The predicted octanol–water partition coefficient (Wildman–Crippen LogP) is 4.58. The predicted molar refractivity (Wildman–Crippen MR) is 148 cm³/mol. The number of carbonyl (C=O) groups excluding carboxylic acids is 3. The first-order valence-corrected chi connectivity index (χ1v) is 15.1. The summed E-state index contributed by atoms with van der Waals surface area (Å²) in [5, 5.41) is 3.19. The van der Waals surface area contributed by atoms with Gasteiger partial charge in [-0.2, -0.15) is 13.2 Å². The molecule has 2 saturated carbocycles. The molecule has 1 aromatic heterocycles. The molecule has 7 rings (SSSR count). The summed E-state index contributed by atoms with van der Waals surface area (Å²) >= 11 is 2.74. The maximum Gasteiger partial charge on any atom is 0.416 e. The van der Waals surface area contributed by atoms with Crippen LogP contribution in [0.4, 0.5) is 18.9 Å². The van der Waals surface area contributed by atoms with Crippen molar-refractivity contribution in [2.24, 2.45) is 29.6 Å². The van der Waals surface area contributed by atoms with Crippen LogP contribution in [0.1, 0.15) is 28.3 Å². The average molecular weight is 616 g/mol. The van der Waals surface area contributed by atoms with Gasteiger partial charge in [0.15, 0.2) is 0 Å². The highest BCUT2D eigenvalue weighted by molar-refractivity contribution is 8.00. The van der Waals surface area contributed by atoms with Crippen molar-refractivity contribution in [3.63, 3.8) is 0 Å². The fourth-order valence-corrected chi connectivity index (χ4v) is 10.4. The van der Waals surface area contributed by atoms with Crippen LogP contribution in [0.5, 0.6) is 5.75 Å². The molecule has 7 atom stereocenters. The molecule has 3 amide bonds. The van der Waals surface area contributed by atoms with E-state index in [4.69, 9.17) is 4.74 Å². The Hall–Kier alpha value is -3.58. The number of thiazole rings is 1. The number of benzene rings is 2. The largest absolute Gasteiger partial charge is 0.497 e. The van der Waals surface area contributed by atoms with Crippen molar-refractivity contribution in [3.05, 3.63) is 74.2 Å². The minimum absolute atomic E-state index is 0.00302. The number of alkyl halides is 3. The number of likely N-dealkylation sites (tertiary alicyclic amines) is 1. The molecule has 4 aliphatic rings. The molecule has 42 heavy (non-hydrogen) atoms. The van der Waals surface area contributed by atoms with Gasteiger partial charge in [0.1, 0.15) is 12.3 Å². The third-order valence-electron chi connectivity index (χ3n) is 9.07. The number of imide groups is 1. The number of thioether (sulfide) groups is 1. The standard InChI is InChI=1S/C29H24F3N3O5S2/c1-40-15-7-5-12(6-8-15)19-20-16-10-17(23(20)41-25-24(19)42-28(39)34-25)22-21(16)26(37)35(27(22)38)11-18(36)33-14-4-2-3-13(9-14)29(30,31)32/h2-9,16-17,19-23H,10-11H2,1H3,(H,33,36)(H,34,39)/t16?,17?,19-,20?,21?,22?,23?/m1/s1. The summed E-state index contributed by atoms with van der Waals surface area (Å²) in [4.78, 5) is 57.2. The molecule has 3 fully saturated rings. The molecule has 2 aliphatic heterocycles. The third-order valence-corrected chi connectivity index (χ3v) is 11.7. The van der Waals surface area contributed by atoms with Gasteiger partial charge in [0, 0.05) is 21.7 Å². The van der Waals surface area contributed by atoms with E-state index >= 15 is 0 Å². The Morgan fingerprint density at radius 1 is 1.07 bits per heavy atom. The van der Waals surface area contributed by atoms with Crippen molar-refractivity contribution in [1.82, 2.24) is 9.88 Å². The second kappa shape index (κ2) is 9.73. The van der Waals surface area contributed by atoms with Crippen molar-refractivity contribution in [2.45, 2.75) is 28.8 Å². The summed E-state index contributed by atoms with van der Waals surface area (Å²) < 4.78 is 44.6. The van der Waals surface area contributed by atoms with Gasteiger partial charge in [-0.3, -0.25) is 24.1 Å². The summed E-state index contributed by atoms with van der Waals surface area (Å²) in [5.41, 5.74) is 0.0148. The average Bonchev–Trinajstić information content (AvgIpc) is 3.69. The van der Waals surface area contributed by atoms with Crippen LogP contribution >= 0.6 is 23.1 Å². The highest BCUT2D eigenvalue weighted by Gasteiger charge is 2.69. The lowest BCUT2D eigenvalue weighted by Gasteiger charge is -2.43. The summed E-state index contributed by atoms with van der Waals surface area (Å²) in [6.07, 6.45) is -3.88. The number of ether oxygens (including phenoxy) is 1. The van der Waals surface area contributed by atoms with Gasteiger partial charge in [0.2, 0.25) is 17.7 Å². The van der Waals surface area contributed by atoms with Gasteiger partial charge < -0.3 is 15.0 Å². The van der Waals surface area contributed by atoms with E-state index in [0.29, 0.717) is 12.2 Å². The number of hydrogen-bond donors (Lipinski definition) is 2. The molecule has 2 aliphatic carbocycles. The Morgan fingerprint density at radius 3 is 2.48 bits per heavy atom. The first-order valence-electron chi connectivity index (χ1n) is 13.4. The van der Waals surface area contributed by atoms with Gasteiger partial charge in [-0.15, -0.1) is 11.8 Å². The maximum absolute atomic E-state index is 13.7. The molecule has 8 nitrogen and oxygen atoms in total.